The molecule has 0 spiro atoms. The fourth-order valence-corrected chi connectivity index (χ4v) is 2.79. The largest absolute Gasteiger partial charge is 0.481 e. The van der Waals surface area contributed by atoms with Gasteiger partial charge < -0.3 is 24.8 Å². The Hall–Kier alpha value is -2.61. The lowest BCUT2D eigenvalue weighted by molar-refractivity contribution is -0.141. The molecule has 2 N–H and O–H groups in total. The van der Waals surface area contributed by atoms with Crippen LogP contribution in [0.4, 0.5) is 5.69 Å². The second-order valence-electron chi connectivity index (χ2n) is 5.77. The Kier molecular flexibility index (Phi) is 4.39. The predicted octanol–water partition coefficient (Wildman–Crippen LogP) is 0.722. The Balaban J connectivity index is 1.82. The minimum atomic E-state index is -0.966. The van der Waals surface area contributed by atoms with E-state index in [1.54, 1.807) is 30.0 Å². The summed E-state index contributed by atoms with van der Waals surface area (Å²) in [6.45, 7) is 2.47. The van der Waals surface area contributed by atoms with Crippen molar-refractivity contribution in [2.45, 2.75) is 25.6 Å². The average Bonchev–Trinajstić information content (AvgIpc) is 2.54. The van der Waals surface area contributed by atoms with Gasteiger partial charge in [0.2, 0.25) is 0 Å². The minimum Gasteiger partial charge on any atom is -0.481 e. The Morgan fingerprint density at radius 1 is 1.42 bits per heavy atom. The van der Waals surface area contributed by atoms with Gasteiger partial charge in [-0.1, -0.05) is 6.07 Å². The van der Waals surface area contributed by atoms with Gasteiger partial charge >= 0.3 is 5.97 Å². The van der Waals surface area contributed by atoms with E-state index in [1.165, 1.54) is 0 Å². The van der Waals surface area contributed by atoms with Crippen molar-refractivity contribution in [1.82, 2.24) is 4.90 Å². The first-order valence-corrected chi connectivity index (χ1v) is 7.69. The van der Waals surface area contributed by atoms with Crippen molar-refractivity contribution in [2.24, 2.45) is 0 Å². The van der Waals surface area contributed by atoms with Gasteiger partial charge in [0.15, 0.2) is 11.9 Å². The van der Waals surface area contributed by atoms with E-state index < -0.39 is 18.2 Å². The van der Waals surface area contributed by atoms with Crippen molar-refractivity contribution in [3.63, 3.8) is 0 Å². The van der Waals surface area contributed by atoms with Crippen LogP contribution >= 0.6 is 0 Å². The molecule has 8 nitrogen and oxygen atoms in total. The molecule has 1 saturated heterocycles. The average molecular weight is 334 g/mol. The van der Waals surface area contributed by atoms with E-state index in [-0.39, 0.29) is 31.4 Å². The number of carboxylic acid groups (broad SMARTS) is 1. The topological polar surface area (TPSA) is 105 Å². The van der Waals surface area contributed by atoms with E-state index in [9.17, 15) is 14.4 Å². The van der Waals surface area contributed by atoms with Gasteiger partial charge in [0.1, 0.15) is 0 Å². The molecule has 2 heterocycles. The zero-order valence-electron chi connectivity index (χ0n) is 13.2. The van der Waals surface area contributed by atoms with Crippen LogP contribution in [-0.2, 0) is 14.3 Å². The van der Waals surface area contributed by atoms with Crippen LogP contribution in [0, 0.1) is 0 Å². The number of ether oxygens (including phenoxy) is 2. The fraction of sp³-hybridized carbons (Fsp3) is 0.438. The normalized spacial score (nSPS) is 23.0. The molecule has 128 valence electrons. The predicted molar refractivity (Wildman–Crippen MR) is 83.1 cm³/mol. The number of nitrogens with zero attached hydrogens (tertiary/aromatic N) is 1. The Labute approximate surface area is 138 Å². The molecule has 2 amide bonds. The summed E-state index contributed by atoms with van der Waals surface area (Å²) in [7, 11) is 0. The van der Waals surface area contributed by atoms with Crippen LogP contribution in [0.5, 0.6) is 5.75 Å². The molecule has 3 rings (SSSR count). The van der Waals surface area contributed by atoms with E-state index in [0.29, 0.717) is 23.5 Å². The highest BCUT2D eigenvalue weighted by atomic mass is 16.5. The molecule has 2 atom stereocenters. The quantitative estimate of drug-likeness (QED) is 0.844. The summed E-state index contributed by atoms with van der Waals surface area (Å²) in [5.41, 5.74) is 0.801. The number of benzene rings is 1. The van der Waals surface area contributed by atoms with Crippen molar-refractivity contribution in [3.8, 4) is 5.75 Å². The molecule has 0 aromatic heterocycles. The molecule has 0 bridgehead atoms. The SMILES string of the molecule is CC1Oc2c(cccc2C(=O)N2CCOC(CC(=O)O)C2)NC1=O. The number of aliphatic carboxylic acids is 1. The Morgan fingerprint density at radius 2 is 2.21 bits per heavy atom. The molecule has 1 aromatic carbocycles. The number of fused-ring (bicyclic) bond motifs is 1. The molecule has 0 aliphatic carbocycles. The van der Waals surface area contributed by atoms with Gasteiger partial charge in [0, 0.05) is 13.1 Å². The van der Waals surface area contributed by atoms with Gasteiger partial charge in [-0.3, -0.25) is 14.4 Å². The van der Waals surface area contributed by atoms with Crippen LogP contribution in [0.2, 0.25) is 0 Å². The lowest BCUT2D eigenvalue weighted by atomic mass is 10.1. The molecule has 2 unspecified atom stereocenters. The third-order valence-electron chi connectivity index (χ3n) is 4.00. The molecule has 1 fully saturated rings. The summed E-state index contributed by atoms with van der Waals surface area (Å²) in [5.74, 6) is -1.16. The highest BCUT2D eigenvalue weighted by Crippen LogP contribution is 2.34. The van der Waals surface area contributed by atoms with Crippen molar-refractivity contribution in [2.75, 3.05) is 25.0 Å². The Bertz CT molecular complexity index is 689. The van der Waals surface area contributed by atoms with E-state index in [2.05, 4.69) is 5.32 Å². The zero-order valence-corrected chi connectivity index (χ0v) is 13.2. The maximum absolute atomic E-state index is 12.8. The smallest absolute Gasteiger partial charge is 0.306 e. The number of carboxylic acids is 1. The van der Waals surface area contributed by atoms with Crippen LogP contribution in [-0.4, -0.2) is 59.7 Å². The number of hydrogen-bond donors (Lipinski definition) is 2. The number of rotatable bonds is 3. The number of hydrogen-bond acceptors (Lipinski definition) is 5. The van der Waals surface area contributed by atoms with Crippen LogP contribution in [0.25, 0.3) is 0 Å². The molecular formula is C16H18N2O6. The molecular weight excluding hydrogens is 316 g/mol. The first-order valence-electron chi connectivity index (χ1n) is 7.69. The molecule has 2 aliphatic rings. The summed E-state index contributed by atoms with van der Waals surface area (Å²) in [4.78, 5) is 36.9. The zero-order chi connectivity index (χ0) is 17.3. The van der Waals surface area contributed by atoms with Gasteiger partial charge in [-0.2, -0.15) is 0 Å². The van der Waals surface area contributed by atoms with Crippen molar-refractivity contribution >= 4 is 23.5 Å². The second kappa shape index (κ2) is 6.48. The van der Waals surface area contributed by atoms with Crippen LogP contribution in [0.1, 0.15) is 23.7 Å². The number of morpholine rings is 1. The van der Waals surface area contributed by atoms with E-state index in [1.807, 2.05) is 0 Å². The third-order valence-corrected chi connectivity index (χ3v) is 4.00. The number of nitrogens with one attached hydrogen (secondary N) is 1. The summed E-state index contributed by atoms with van der Waals surface area (Å²) in [6, 6.07) is 4.97. The maximum atomic E-state index is 12.8. The van der Waals surface area contributed by atoms with E-state index in [0.717, 1.165) is 0 Å². The summed E-state index contributed by atoms with van der Waals surface area (Å²) in [6.07, 6.45) is -1.37. The maximum Gasteiger partial charge on any atom is 0.306 e. The fourth-order valence-electron chi connectivity index (χ4n) is 2.79. The minimum absolute atomic E-state index is 0.153. The van der Waals surface area contributed by atoms with Gasteiger partial charge in [-0.15, -0.1) is 0 Å². The van der Waals surface area contributed by atoms with Gasteiger partial charge in [0.25, 0.3) is 11.8 Å². The first kappa shape index (κ1) is 16.3. The number of para-hydroxylation sites is 1. The molecule has 8 heteroatoms. The number of carbonyl (C=O) groups is 3. The highest BCUT2D eigenvalue weighted by molar-refractivity contribution is 6.04. The van der Waals surface area contributed by atoms with Crippen molar-refractivity contribution < 1.29 is 29.0 Å². The summed E-state index contributed by atoms with van der Waals surface area (Å²) >= 11 is 0. The van der Waals surface area contributed by atoms with Crippen LogP contribution < -0.4 is 10.1 Å². The van der Waals surface area contributed by atoms with Crippen molar-refractivity contribution in [1.29, 1.82) is 0 Å². The molecule has 0 radical (unpaired) electrons. The first-order chi connectivity index (χ1) is 11.5. The molecule has 2 aliphatic heterocycles. The van der Waals surface area contributed by atoms with Crippen LogP contribution in [0.15, 0.2) is 18.2 Å². The standard InChI is InChI=1S/C16H18N2O6/c1-9-15(21)17-12-4-2-3-11(14(12)24-9)16(22)18-5-6-23-10(8-18)7-13(19)20/h2-4,9-10H,5-8H2,1H3,(H,17,21)(H,19,20). The third kappa shape index (κ3) is 3.18. The monoisotopic (exact) mass is 334 g/mol. The molecule has 0 saturated carbocycles. The highest BCUT2D eigenvalue weighted by Gasteiger charge is 2.32. The lowest BCUT2D eigenvalue weighted by Gasteiger charge is -2.33. The number of amides is 2. The molecule has 24 heavy (non-hydrogen) atoms. The number of anilines is 1. The second-order valence-corrected chi connectivity index (χ2v) is 5.77. The van der Waals surface area contributed by atoms with Gasteiger partial charge in [-0.25, -0.2) is 0 Å². The van der Waals surface area contributed by atoms with E-state index >= 15 is 0 Å². The van der Waals surface area contributed by atoms with Crippen LogP contribution in [0.3, 0.4) is 0 Å². The van der Waals surface area contributed by atoms with Crippen molar-refractivity contribution in [3.05, 3.63) is 23.8 Å². The molecule has 1 aromatic rings. The Morgan fingerprint density at radius 3 is 2.96 bits per heavy atom. The number of carbonyl (C=O) groups excluding carboxylic acids is 2. The van der Waals surface area contributed by atoms with Gasteiger partial charge in [-0.05, 0) is 19.1 Å². The lowest BCUT2D eigenvalue weighted by Crippen LogP contribution is -2.46. The summed E-state index contributed by atoms with van der Waals surface area (Å²) < 4.78 is 11.0. The van der Waals surface area contributed by atoms with Gasteiger partial charge in [0.05, 0.1) is 30.4 Å². The van der Waals surface area contributed by atoms with E-state index in [4.69, 9.17) is 14.6 Å². The summed E-state index contributed by atoms with van der Waals surface area (Å²) in [5, 5.41) is 11.6.